The Labute approximate surface area is 163 Å². The Kier molecular flexibility index (Phi) is 6.08. The van der Waals surface area contributed by atoms with E-state index in [0.29, 0.717) is 10.6 Å². The Morgan fingerprint density at radius 3 is 2.52 bits per heavy atom. The summed E-state index contributed by atoms with van der Waals surface area (Å²) in [5, 5.41) is 4.17. The summed E-state index contributed by atoms with van der Waals surface area (Å²) in [5.74, 6) is -0.207. The van der Waals surface area contributed by atoms with Gasteiger partial charge in [-0.05, 0) is 69.0 Å². The Morgan fingerprint density at radius 1 is 1.11 bits per heavy atom. The Morgan fingerprint density at radius 2 is 1.81 bits per heavy atom. The monoisotopic (exact) mass is 405 g/mol. The summed E-state index contributed by atoms with van der Waals surface area (Å²) in [7, 11) is -2.09. The summed E-state index contributed by atoms with van der Waals surface area (Å²) in [6.45, 7) is 1.77. The van der Waals surface area contributed by atoms with Crippen LogP contribution in [0.15, 0.2) is 40.3 Å². The number of benzene rings is 1. The second kappa shape index (κ2) is 8.33. The average molecular weight is 406 g/mol. The molecule has 0 radical (unpaired) electrons. The number of amides is 1. The van der Waals surface area contributed by atoms with Crippen molar-refractivity contribution >= 4 is 33.0 Å². The summed E-state index contributed by atoms with van der Waals surface area (Å²) < 4.78 is 25.8. The number of sulfonamides is 1. The van der Waals surface area contributed by atoms with Crippen LogP contribution in [0.3, 0.4) is 0 Å². The molecule has 1 aromatic heterocycles. The molecule has 0 unspecified atom stereocenters. The van der Waals surface area contributed by atoms with Crippen LogP contribution in [0, 0.1) is 0 Å². The van der Waals surface area contributed by atoms with E-state index in [1.165, 1.54) is 48.9 Å². The molecule has 27 heavy (non-hydrogen) atoms. The highest BCUT2D eigenvalue weighted by Crippen LogP contribution is 2.28. The predicted molar refractivity (Wildman–Crippen MR) is 108 cm³/mol. The molecule has 0 saturated carbocycles. The molecular weight excluding hydrogens is 382 g/mol. The maximum atomic E-state index is 12.4. The van der Waals surface area contributed by atoms with Gasteiger partial charge in [-0.2, -0.15) is 5.10 Å². The average Bonchev–Trinajstić information content (AvgIpc) is 2.96. The van der Waals surface area contributed by atoms with Gasteiger partial charge in [0.05, 0.1) is 15.5 Å². The van der Waals surface area contributed by atoms with Crippen molar-refractivity contribution in [2.75, 3.05) is 7.05 Å². The van der Waals surface area contributed by atoms with E-state index >= 15 is 0 Å². The minimum absolute atomic E-state index is 0.186. The lowest BCUT2D eigenvalue weighted by atomic mass is 10.1. The molecule has 144 valence electrons. The third-order valence-electron chi connectivity index (χ3n) is 4.65. The van der Waals surface area contributed by atoms with Crippen LogP contribution in [0.5, 0.6) is 0 Å². The number of nitrogens with one attached hydrogen (secondary N) is 2. The minimum Gasteiger partial charge on any atom is -0.266 e. The van der Waals surface area contributed by atoms with Crippen molar-refractivity contribution in [3.05, 3.63) is 51.2 Å². The molecule has 0 saturated heterocycles. The lowest BCUT2D eigenvalue weighted by Gasteiger charge is -2.05. The predicted octanol–water partition coefficient (Wildman–Crippen LogP) is 3.08. The Bertz CT molecular complexity index is 937. The molecule has 1 amide bonds. The van der Waals surface area contributed by atoms with E-state index in [0.717, 1.165) is 18.4 Å². The number of fused-ring (bicyclic) bond motifs is 1. The van der Waals surface area contributed by atoms with E-state index in [2.05, 4.69) is 15.2 Å². The van der Waals surface area contributed by atoms with Crippen LogP contribution in [0.25, 0.3) is 0 Å². The topological polar surface area (TPSA) is 87.6 Å². The fraction of sp³-hybridized carbons (Fsp3) is 0.368. The minimum atomic E-state index is -3.47. The molecular formula is C19H23N3O3S2. The molecule has 0 bridgehead atoms. The number of thiophene rings is 1. The number of hydrogen-bond acceptors (Lipinski definition) is 5. The van der Waals surface area contributed by atoms with Crippen molar-refractivity contribution in [2.45, 2.75) is 43.9 Å². The number of hydrazone groups is 1. The van der Waals surface area contributed by atoms with Gasteiger partial charge in [0.2, 0.25) is 10.0 Å². The highest BCUT2D eigenvalue weighted by atomic mass is 32.2. The van der Waals surface area contributed by atoms with Crippen molar-refractivity contribution in [3.63, 3.8) is 0 Å². The van der Waals surface area contributed by atoms with Gasteiger partial charge in [0.15, 0.2) is 0 Å². The van der Waals surface area contributed by atoms with Gasteiger partial charge in [-0.1, -0.05) is 18.6 Å². The maximum Gasteiger partial charge on any atom is 0.281 e. The molecule has 8 heteroatoms. The first kappa shape index (κ1) is 19.7. The number of carbonyl (C=O) groups is 1. The normalized spacial score (nSPS) is 15.1. The van der Waals surface area contributed by atoms with E-state index in [1.807, 2.05) is 6.07 Å². The zero-order valence-corrected chi connectivity index (χ0v) is 17.0. The fourth-order valence-corrected chi connectivity index (χ4v) is 4.90. The van der Waals surface area contributed by atoms with Crippen LogP contribution in [0.1, 0.15) is 51.9 Å². The molecule has 2 N–H and O–H groups in total. The second-order valence-electron chi connectivity index (χ2n) is 6.49. The summed E-state index contributed by atoms with van der Waals surface area (Å²) in [4.78, 5) is 14.6. The molecule has 2 aromatic rings. The van der Waals surface area contributed by atoms with Gasteiger partial charge >= 0.3 is 0 Å². The van der Waals surface area contributed by atoms with Crippen LogP contribution in [0.4, 0.5) is 0 Å². The first-order valence-corrected chi connectivity index (χ1v) is 11.2. The molecule has 1 aliphatic carbocycles. The number of hydrogen-bond donors (Lipinski definition) is 2. The molecule has 1 aliphatic rings. The summed E-state index contributed by atoms with van der Waals surface area (Å²) in [6.07, 6.45) is 5.72. The zero-order valence-electron chi connectivity index (χ0n) is 15.4. The Balaban J connectivity index is 1.69. The molecule has 0 aliphatic heterocycles. The Hall–Kier alpha value is -2.03. The van der Waals surface area contributed by atoms with E-state index in [9.17, 15) is 13.2 Å². The summed E-state index contributed by atoms with van der Waals surface area (Å²) in [6, 6.07) is 8.35. The maximum absolute atomic E-state index is 12.4. The van der Waals surface area contributed by atoms with E-state index in [1.54, 1.807) is 30.4 Å². The third kappa shape index (κ3) is 4.63. The standard InChI is InChI=1S/C19H23N3O3S2/c1-13(14-8-10-16(11-9-14)27(24,25)20-2)21-22-19(23)18-12-15-6-4-3-5-7-17(15)26-18/h8-12,20H,3-7H2,1-2H3,(H,22,23)/b21-13-. The molecule has 0 fully saturated rings. The van der Waals surface area contributed by atoms with E-state index in [4.69, 9.17) is 0 Å². The first-order chi connectivity index (χ1) is 12.9. The number of rotatable bonds is 5. The number of carbonyl (C=O) groups excluding carboxylic acids is 1. The van der Waals surface area contributed by atoms with Gasteiger partial charge in [0.1, 0.15) is 0 Å². The summed E-state index contributed by atoms with van der Waals surface area (Å²) >= 11 is 1.56. The van der Waals surface area contributed by atoms with Crippen molar-refractivity contribution < 1.29 is 13.2 Å². The third-order valence-corrected chi connectivity index (χ3v) is 7.31. The second-order valence-corrected chi connectivity index (χ2v) is 9.51. The molecule has 1 heterocycles. The number of nitrogens with zero attached hydrogens (tertiary/aromatic N) is 1. The lowest BCUT2D eigenvalue weighted by Crippen LogP contribution is -2.19. The van der Waals surface area contributed by atoms with E-state index in [-0.39, 0.29) is 10.8 Å². The number of aryl methyl sites for hydroxylation is 2. The van der Waals surface area contributed by atoms with Gasteiger partial charge in [0, 0.05) is 4.88 Å². The van der Waals surface area contributed by atoms with Crippen LogP contribution in [-0.4, -0.2) is 27.1 Å². The van der Waals surface area contributed by atoms with Crippen molar-refractivity contribution in [1.82, 2.24) is 10.1 Å². The van der Waals surface area contributed by atoms with Crippen LogP contribution >= 0.6 is 11.3 Å². The van der Waals surface area contributed by atoms with Gasteiger partial charge in [0.25, 0.3) is 5.91 Å². The van der Waals surface area contributed by atoms with Crippen LogP contribution in [-0.2, 0) is 22.9 Å². The van der Waals surface area contributed by atoms with Crippen LogP contribution < -0.4 is 10.1 Å². The zero-order chi connectivity index (χ0) is 19.4. The fourth-order valence-electron chi connectivity index (χ4n) is 3.03. The molecule has 1 aromatic carbocycles. The smallest absolute Gasteiger partial charge is 0.266 e. The highest BCUT2D eigenvalue weighted by Gasteiger charge is 2.16. The van der Waals surface area contributed by atoms with Gasteiger partial charge in [-0.15, -0.1) is 11.3 Å². The van der Waals surface area contributed by atoms with Gasteiger partial charge in [-0.25, -0.2) is 18.6 Å². The quantitative estimate of drug-likeness (QED) is 0.455. The summed E-state index contributed by atoms with van der Waals surface area (Å²) in [5.41, 5.74) is 5.25. The molecule has 6 nitrogen and oxygen atoms in total. The van der Waals surface area contributed by atoms with Crippen molar-refractivity contribution in [1.29, 1.82) is 0 Å². The van der Waals surface area contributed by atoms with Crippen LogP contribution in [0.2, 0.25) is 0 Å². The van der Waals surface area contributed by atoms with Gasteiger partial charge in [-0.3, -0.25) is 4.79 Å². The molecule has 0 spiro atoms. The lowest BCUT2D eigenvalue weighted by molar-refractivity contribution is 0.0959. The SMILES string of the molecule is CNS(=O)(=O)c1ccc(/C(C)=N\NC(=O)c2cc3c(s2)CCCCC3)cc1. The highest BCUT2D eigenvalue weighted by molar-refractivity contribution is 7.89. The van der Waals surface area contributed by atoms with Crippen molar-refractivity contribution in [3.8, 4) is 0 Å². The largest absolute Gasteiger partial charge is 0.281 e. The molecule has 3 rings (SSSR count). The van der Waals surface area contributed by atoms with E-state index < -0.39 is 10.0 Å². The first-order valence-electron chi connectivity index (χ1n) is 8.91. The molecule has 0 atom stereocenters. The van der Waals surface area contributed by atoms with Crippen molar-refractivity contribution in [2.24, 2.45) is 5.10 Å². The van der Waals surface area contributed by atoms with Gasteiger partial charge < -0.3 is 0 Å².